The molecule has 7 heteroatoms. The van der Waals surface area contributed by atoms with Gasteiger partial charge >= 0.3 is 0 Å². The largest absolute Gasteiger partial charge is 0.338 e. The molecule has 1 aliphatic rings. The van der Waals surface area contributed by atoms with Gasteiger partial charge < -0.3 is 9.47 Å². The second kappa shape index (κ2) is 7.26. The van der Waals surface area contributed by atoms with Crippen LogP contribution in [-0.4, -0.2) is 48.4 Å². The Hall–Kier alpha value is -3.09. The van der Waals surface area contributed by atoms with E-state index in [-0.39, 0.29) is 5.91 Å². The number of nitrogens with zero attached hydrogens (tertiary/aromatic N) is 6. The molecular weight excluding hydrogens is 340 g/mol. The van der Waals surface area contributed by atoms with Crippen molar-refractivity contribution in [3.63, 3.8) is 0 Å². The van der Waals surface area contributed by atoms with E-state index in [9.17, 15) is 4.79 Å². The lowest BCUT2D eigenvalue weighted by molar-refractivity contribution is 0.0786. The Labute approximate surface area is 158 Å². The van der Waals surface area contributed by atoms with Crippen LogP contribution in [0.2, 0.25) is 0 Å². The standard InChI is InChI=1S/C20H22N6O/c1-14-3-4-16(10-23-14)20(27)26-7-5-15(13-26)9-17-11-21-12-18(24-17)19-22-6-8-25(19)2/h3-4,6,8,10-12,15H,5,7,9,13H2,1-2H3. The summed E-state index contributed by atoms with van der Waals surface area (Å²) in [5.74, 6) is 1.25. The van der Waals surface area contributed by atoms with Crippen molar-refractivity contribution >= 4 is 5.91 Å². The fourth-order valence-corrected chi connectivity index (χ4v) is 3.48. The number of aromatic nitrogens is 5. The molecule has 4 rings (SSSR count). The van der Waals surface area contributed by atoms with E-state index in [1.807, 2.05) is 41.8 Å². The van der Waals surface area contributed by atoms with E-state index in [1.54, 1.807) is 24.8 Å². The Morgan fingerprint density at radius 3 is 2.85 bits per heavy atom. The number of amides is 1. The summed E-state index contributed by atoms with van der Waals surface area (Å²) in [5.41, 5.74) is 3.28. The zero-order valence-electron chi connectivity index (χ0n) is 15.5. The van der Waals surface area contributed by atoms with Gasteiger partial charge in [0, 0.05) is 50.6 Å². The van der Waals surface area contributed by atoms with Gasteiger partial charge in [-0.2, -0.15) is 0 Å². The number of hydrogen-bond donors (Lipinski definition) is 0. The van der Waals surface area contributed by atoms with Crippen molar-refractivity contribution < 1.29 is 4.79 Å². The molecule has 1 amide bonds. The molecule has 4 heterocycles. The summed E-state index contributed by atoms with van der Waals surface area (Å²) in [6.07, 6.45) is 10.6. The smallest absolute Gasteiger partial charge is 0.255 e. The van der Waals surface area contributed by atoms with Crippen LogP contribution in [0.3, 0.4) is 0 Å². The van der Waals surface area contributed by atoms with E-state index >= 15 is 0 Å². The van der Waals surface area contributed by atoms with E-state index in [1.165, 1.54) is 0 Å². The maximum atomic E-state index is 12.7. The molecule has 0 spiro atoms. The zero-order chi connectivity index (χ0) is 18.8. The van der Waals surface area contributed by atoms with Gasteiger partial charge in [-0.1, -0.05) is 0 Å². The van der Waals surface area contributed by atoms with Gasteiger partial charge in [-0.05, 0) is 37.8 Å². The fourth-order valence-electron chi connectivity index (χ4n) is 3.48. The summed E-state index contributed by atoms with van der Waals surface area (Å²) < 4.78 is 1.93. The number of aryl methyl sites for hydroxylation is 2. The Morgan fingerprint density at radius 1 is 1.22 bits per heavy atom. The normalized spacial score (nSPS) is 16.7. The third kappa shape index (κ3) is 3.72. The molecule has 0 radical (unpaired) electrons. The third-order valence-electron chi connectivity index (χ3n) is 4.96. The molecule has 0 N–H and O–H groups in total. The average Bonchev–Trinajstić information content (AvgIpc) is 3.31. The fraction of sp³-hybridized carbons (Fsp3) is 0.350. The number of rotatable bonds is 4. The number of carbonyl (C=O) groups is 1. The summed E-state index contributed by atoms with van der Waals surface area (Å²) in [7, 11) is 1.94. The van der Waals surface area contributed by atoms with Crippen LogP contribution in [0.1, 0.15) is 28.2 Å². The molecule has 0 bridgehead atoms. The molecule has 7 nitrogen and oxygen atoms in total. The van der Waals surface area contributed by atoms with Crippen LogP contribution in [0.15, 0.2) is 43.1 Å². The first-order chi connectivity index (χ1) is 13.1. The van der Waals surface area contributed by atoms with Crippen LogP contribution in [0.4, 0.5) is 0 Å². The Bertz CT molecular complexity index is 949. The van der Waals surface area contributed by atoms with Gasteiger partial charge in [-0.25, -0.2) is 9.97 Å². The molecule has 1 saturated heterocycles. The number of pyridine rings is 1. The zero-order valence-corrected chi connectivity index (χ0v) is 15.5. The van der Waals surface area contributed by atoms with E-state index < -0.39 is 0 Å². The SMILES string of the molecule is Cc1ccc(C(=O)N2CCC(Cc3cncc(-c4nccn4C)n3)C2)cn1. The average molecular weight is 362 g/mol. The van der Waals surface area contributed by atoms with Gasteiger partial charge in [0.15, 0.2) is 5.82 Å². The predicted molar refractivity (Wildman–Crippen MR) is 101 cm³/mol. The highest BCUT2D eigenvalue weighted by Crippen LogP contribution is 2.22. The Kier molecular flexibility index (Phi) is 4.66. The molecule has 3 aromatic rings. The second-order valence-electron chi connectivity index (χ2n) is 7.06. The monoisotopic (exact) mass is 362 g/mol. The number of likely N-dealkylation sites (tertiary alicyclic amines) is 1. The van der Waals surface area contributed by atoms with Gasteiger partial charge in [0.1, 0.15) is 5.69 Å². The van der Waals surface area contributed by atoms with Crippen LogP contribution in [0.25, 0.3) is 11.5 Å². The molecule has 3 aromatic heterocycles. The minimum Gasteiger partial charge on any atom is -0.338 e. The topological polar surface area (TPSA) is 76.8 Å². The van der Waals surface area contributed by atoms with Crippen molar-refractivity contribution in [3.05, 3.63) is 60.1 Å². The molecule has 0 saturated carbocycles. The van der Waals surface area contributed by atoms with Crippen LogP contribution >= 0.6 is 0 Å². The van der Waals surface area contributed by atoms with Crippen LogP contribution < -0.4 is 0 Å². The lowest BCUT2D eigenvalue weighted by Gasteiger charge is -2.16. The third-order valence-corrected chi connectivity index (χ3v) is 4.96. The highest BCUT2D eigenvalue weighted by Gasteiger charge is 2.27. The van der Waals surface area contributed by atoms with Crippen molar-refractivity contribution in [3.8, 4) is 11.5 Å². The van der Waals surface area contributed by atoms with E-state index in [0.29, 0.717) is 11.5 Å². The van der Waals surface area contributed by atoms with Crippen molar-refractivity contribution in [2.75, 3.05) is 13.1 Å². The van der Waals surface area contributed by atoms with Crippen molar-refractivity contribution in [1.29, 1.82) is 0 Å². The summed E-state index contributed by atoms with van der Waals surface area (Å²) in [6, 6.07) is 3.72. The quantitative estimate of drug-likeness (QED) is 0.712. The maximum Gasteiger partial charge on any atom is 0.255 e. The predicted octanol–water partition coefficient (Wildman–Crippen LogP) is 2.29. The van der Waals surface area contributed by atoms with Gasteiger partial charge in [0.2, 0.25) is 0 Å². The molecule has 0 aliphatic carbocycles. The van der Waals surface area contributed by atoms with E-state index in [0.717, 1.165) is 48.8 Å². The first-order valence-corrected chi connectivity index (χ1v) is 9.10. The Morgan fingerprint density at radius 2 is 2.11 bits per heavy atom. The molecule has 0 aromatic carbocycles. The Balaban J connectivity index is 1.42. The van der Waals surface area contributed by atoms with Crippen LogP contribution in [0.5, 0.6) is 0 Å². The number of imidazole rings is 1. The van der Waals surface area contributed by atoms with Crippen LogP contribution in [0, 0.1) is 12.8 Å². The highest BCUT2D eigenvalue weighted by molar-refractivity contribution is 5.94. The summed E-state index contributed by atoms with van der Waals surface area (Å²) in [5, 5.41) is 0. The molecule has 138 valence electrons. The molecule has 1 fully saturated rings. The van der Waals surface area contributed by atoms with Crippen molar-refractivity contribution in [2.24, 2.45) is 13.0 Å². The first kappa shape index (κ1) is 17.3. The van der Waals surface area contributed by atoms with Crippen molar-refractivity contribution in [1.82, 2.24) is 29.4 Å². The lowest BCUT2D eigenvalue weighted by Crippen LogP contribution is -2.29. The number of hydrogen-bond acceptors (Lipinski definition) is 5. The van der Waals surface area contributed by atoms with E-state index in [4.69, 9.17) is 4.98 Å². The molecular formula is C20H22N6O. The van der Waals surface area contributed by atoms with Gasteiger partial charge in [0.05, 0.1) is 17.5 Å². The van der Waals surface area contributed by atoms with Gasteiger partial charge in [-0.3, -0.25) is 14.8 Å². The molecule has 1 unspecified atom stereocenters. The minimum absolute atomic E-state index is 0.0536. The minimum atomic E-state index is 0.0536. The summed E-state index contributed by atoms with van der Waals surface area (Å²) in [6.45, 7) is 3.42. The molecule has 27 heavy (non-hydrogen) atoms. The summed E-state index contributed by atoms with van der Waals surface area (Å²) >= 11 is 0. The number of carbonyl (C=O) groups excluding carboxylic acids is 1. The van der Waals surface area contributed by atoms with Gasteiger partial charge in [0.25, 0.3) is 5.91 Å². The van der Waals surface area contributed by atoms with Crippen molar-refractivity contribution in [2.45, 2.75) is 19.8 Å². The summed E-state index contributed by atoms with van der Waals surface area (Å²) in [4.78, 5) is 32.2. The molecule has 1 aliphatic heterocycles. The van der Waals surface area contributed by atoms with Gasteiger partial charge in [-0.15, -0.1) is 0 Å². The molecule has 1 atom stereocenters. The van der Waals surface area contributed by atoms with Crippen LogP contribution in [-0.2, 0) is 13.5 Å². The van der Waals surface area contributed by atoms with E-state index in [2.05, 4.69) is 15.0 Å². The second-order valence-corrected chi connectivity index (χ2v) is 7.06. The lowest BCUT2D eigenvalue weighted by atomic mass is 10.0. The first-order valence-electron chi connectivity index (χ1n) is 9.10. The maximum absolute atomic E-state index is 12.7. The highest BCUT2D eigenvalue weighted by atomic mass is 16.2.